The maximum atomic E-state index is 13.3. The van der Waals surface area contributed by atoms with E-state index in [1.165, 1.54) is 35.5 Å². The zero-order valence-corrected chi connectivity index (χ0v) is 25.4. The Bertz CT molecular complexity index is 1240. The van der Waals surface area contributed by atoms with Gasteiger partial charge in [-0.15, -0.1) is 0 Å². The largest absolute Gasteiger partial charge is 0.554 e. The molecule has 9 nitrogen and oxygen atoms in total. The molecule has 1 saturated heterocycles. The first-order chi connectivity index (χ1) is 20.8. The molecule has 0 aliphatic carbocycles. The van der Waals surface area contributed by atoms with Crippen LogP contribution in [0.3, 0.4) is 0 Å². The number of carbonyl (C=O) groups excluding carboxylic acids is 3. The first-order valence-electron chi connectivity index (χ1n) is 15.5. The Morgan fingerprint density at radius 3 is 2.63 bits per heavy atom. The number of nitrogens with one attached hydrogen (secondary N) is 1. The van der Waals surface area contributed by atoms with Crippen molar-refractivity contribution < 1.29 is 33.1 Å². The highest BCUT2D eigenvalue weighted by molar-refractivity contribution is 5.95. The Balaban J connectivity index is 0.00000135. The van der Waals surface area contributed by atoms with E-state index in [0.717, 1.165) is 58.4 Å². The minimum absolute atomic E-state index is 0.0229. The lowest BCUT2D eigenvalue weighted by atomic mass is 9.87. The Kier molecular flexibility index (Phi) is 11.4. The average molecular weight is 597 g/mol. The van der Waals surface area contributed by atoms with Gasteiger partial charge in [-0.2, -0.15) is 0 Å². The molecule has 3 aliphatic heterocycles. The lowest BCUT2D eigenvalue weighted by Crippen LogP contribution is -2.60. The lowest BCUT2D eigenvalue weighted by molar-refractivity contribution is -0.949. The van der Waals surface area contributed by atoms with Crippen molar-refractivity contribution in [2.45, 2.75) is 63.8 Å². The van der Waals surface area contributed by atoms with Crippen molar-refractivity contribution in [1.29, 1.82) is 0 Å². The van der Waals surface area contributed by atoms with Crippen LogP contribution in [0.2, 0.25) is 0 Å². The number of Topliss-reactive ketones (excluding diaryl/α,β-unsaturated/α-hetero) is 1. The van der Waals surface area contributed by atoms with Crippen LogP contribution in [0.1, 0.15) is 73.7 Å². The quantitative estimate of drug-likeness (QED) is 0.171. The van der Waals surface area contributed by atoms with E-state index in [-0.39, 0.29) is 17.7 Å². The van der Waals surface area contributed by atoms with Crippen LogP contribution in [0, 0.1) is 5.82 Å². The SMILES string of the molecule is CCCCCCNC(=O)OC[N+]1(CCCC(=O)c2ccc(F)cc2)CC[C@H]2[C@@H](C1)c1cccc3c1N2CCN3C.O=C[O-]. The molecule has 3 heterocycles. The molecule has 1 fully saturated rings. The fourth-order valence-electron chi connectivity index (χ4n) is 6.94. The van der Waals surface area contributed by atoms with Gasteiger partial charge in [0.15, 0.2) is 5.78 Å². The molecule has 0 bridgehead atoms. The number of amides is 1. The predicted octanol–water partition coefficient (Wildman–Crippen LogP) is 4.06. The maximum absolute atomic E-state index is 13.3. The fraction of sp³-hybridized carbons (Fsp3) is 0.545. The second-order valence-electron chi connectivity index (χ2n) is 11.9. The van der Waals surface area contributed by atoms with Crippen molar-refractivity contribution in [2.75, 3.05) is 62.8 Å². The number of halogens is 1. The van der Waals surface area contributed by atoms with Crippen molar-refractivity contribution in [3.8, 4) is 0 Å². The molecule has 1 N–H and O–H groups in total. The monoisotopic (exact) mass is 596 g/mol. The van der Waals surface area contributed by atoms with Crippen LogP contribution in [0.15, 0.2) is 42.5 Å². The first kappa shape index (κ1) is 32.3. The van der Waals surface area contributed by atoms with Crippen molar-refractivity contribution in [3.05, 3.63) is 59.4 Å². The standard InChI is InChI=1S/C32H43FN4O3.CH2O2/c1-3-4-5-6-17-34-32(39)40-23-37(20-8-11-30(38)24-12-14-25(33)15-13-24)21-16-28-27(22-37)26-9-7-10-29-31(26)36(28)19-18-35(29)2;2-1-3/h7,9-10,12-15,27-28H,3-6,8,11,16-23H2,1-2H3;1H,(H,2,3)/t27-,28-,37?;/m0./s1. The van der Waals surface area contributed by atoms with Crippen molar-refractivity contribution >= 4 is 29.7 Å². The number of hydrogen-bond acceptors (Lipinski definition) is 7. The smallest absolute Gasteiger partial charge is 0.411 e. The molecular formula is C33H45FN4O5. The first-order valence-corrected chi connectivity index (χ1v) is 15.5. The van der Waals surface area contributed by atoms with Crippen LogP contribution >= 0.6 is 0 Å². The van der Waals surface area contributed by atoms with Gasteiger partial charge >= 0.3 is 6.09 Å². The minimum Gasteiger partial charge on any atom is -0.554 e. The number of likely N-dealkylation sites (N-methyl/N-ethyl adjacent to an activating group) is 1. The molecule has 3 atom stereocenters. The van der Waals surface area contributed by atoms with E-state index in [4.69, 9.17) is 14.6 Å². The van der Waals surface area contributed by atoms with Gasteiger partial charge in [0.1, 0.15) is 5.82 Å². The van der Waals surface area contributed by atoms with Crippen molar-refractivity contribution in [3.63, 3.8) is 0 Å². The number of quaternary nitrogens is 1. The van der Waals surface area contributed by atoms with Crippen LogP contribution < -0.4 is 20.2 Å². The number of rotatable bonds is 12. The maximum Gasteiger partial charge on any atom is 0.411 e. The number of carboxylic acid groups (broad SMARTS) is 1. The number of likely N-dealkylation sites (tertiary alicyclic amines) is 1. The zero-order valence-electron chi connectivity index (χ0n) is 25.4. The van der Waals surface area contributed by atoms with Crippen molar-refractivity contribution in [1.82, 2.24) is 5.32 Å². The van der Waals surface area contributed by atoms with Crippen molar-refractivity contribution in [2.24, 2.45) is 0 Å². The molecule has 0 spiro atoms. The van der Waals surface area contributed by atoms with Crippen LogP contribution in [0.5, 0.6) is 0 Å². The minimum atomic E-state index is -0.500. The van der Waals surface area contributed by atoms with Crippen LogP contribution in [-0.4, -0.2) is 81.9 Å². The van der Waals surface area contributed by atoms with E-state index in [1.54, 1.807) is 12.1 Å². The number of hydrogen-bond donors (Lipinski definition) is 1. The molecule has 234 valence electrons. The Morgan fingerprint density at radius 2 is 1.88 bits per heavy atom. The molecule has 0 aromatic heterocycles. The number of unbranched alkanes of at least 4 members (excludes halogenated alkanes) is 3. The van der Waals surface area contributed by atoms with Gasteiger partial charge in [0.25, 0.3) is 0 Å². The lowest BCUT2D eigenvalue weighted by Gasteiger charge is -2.47. The molecule has 43 heavy (non-hydrogen) atoms. The summed E-state index contributed by atoms with van der Waals surface area (Å²) in [6.07, 6.45) is 6.15. The Morgan fingerprint density at radius 1 is 1.12 bits per heavy atom. The molecule has 2 aromatic rings. The fourth-order valence-corrected chi connectivity index (χ4v) is 6.94. The molecule has 0 saturated carbocycles. The topological polar surface area (TPSA) is 102 Å². The molecule has 0 radical (unpaired) electrons. The number of carbonyl (C=O) groups is 3. The molecule has 1 amide bonds. The summed E-state index contributed by atoms with van der Waals surface area (Å²) in [5.41, 5.74) is 4.63. The number of para-hydroxylation sites is 1. The van der Waals surface area contributed by atoms with Gasteiger partial charge in [-0.3, -0.25) is 9.28 Å². The number of ether oxygens (including phenoxy) is 1. The third-order valence-electron chi connectivity index (χ3n) is 9.14. The van der Waals surface area contributed by atoms with Crippen LogP contribution in [-0.2, 0) is 9.53 Å². The summed E-state index contributed by atoms with van der Waals surface area (Å²) >= 11 is 0. The number of benzene rings is 2. The summed E-state index contributed by atoms with van der Waals surface area (Å²) in [7, 11) is 2.17. The summed E-state index contributed by atoms with van der Waals surface area (Å²) < 4.78 is 19.9. The molecule has 5 rings (SSSR count). The molecule has 2 aromatic carbocycles. The Hall–Kier alpha value is -3.66. The summed E-state index contributed by atoms with van der Waals surface area (Å²) in [4.78, 5) is 38.7. The normalized spacial score (nSPS) is 21.7. The van der Waals surface area contributed by atoms with E-state index < -0.39 is 6.47 Å². The highest BCUT2D eigenvalue weighted by atomic mass is 19.1. The molecule has 3 aliphatic rings. The van der Waals surface area contributed by atoms with Gasteiger partial charge in [0.05, 0.1) is 36.9 Å². The van der Waals surface area contributed by atoms with E-state index in [0.29, 0.717) is 48.1 Å². The molecule has 1 unspecified atom stereocenters. The van der Waals surface area contributed by atoms with Gasteiger partial charge < -0.3 is 29.8 Å². The van der Waals surface area contributed by atoms with E-state index in [9.17, 15) is 14.0 Å². The van der Waals surface area contributed by atoms with Gasteiger partial charge in [-0.05, 0) is 42.3 Å². The number of nitrogens with zero attached hydrogens (tertiary/aromatic N) is 3. The number of alkyl carbamates (subject to hydrolysis) is 1. The highest BCUT2D eigenvalue weighted by Gasteiger charge is 2.50. The van der Waals surface area contributed by atoms with Crippen LogP contribution in [0.25, 0.3) is 0 Å². The summed E-state index contributed by atoms with van der Waals surface area (Å²) in [6, 6.07) is 12.9. The Labute approximate surface area is 254 Å². The average Bonchev–Trinajstić information content (AvgIpc) is 3.32. The number of ketones is 1. The van der Waals surface area contributed by atoms with Gasteiger partial charge in [0.2, 0.25) is 6.73 Å². The third-order valence-corrected chi connectivity index (χ3v) is 9.14. The van der Waals surface area contributed by atoms with Crippen LogP contribution in [0.4, 0.5) is 20.6 Å². The number of fused-ring (bicyclic) bond motifs is 3. The highest BCUT2D eigenvalue weighted by Crippen LogP contribution is 2.51. The van der Waals surface area contributed by atoms with Gasteiger partial charge in [-0.25, -0.2) is 9.18 Å². The third kappa shape index (κ3) is 7.84. The summed E-state index contributed by atoms with van der Waals surface area (Å²) in [5.74, 6) is 0.0485. The second kappa shape index (κ2) is 15.2. The number of piperidine rings is 1. The summed E-state index contributed by atoms with van der Waals surface area (Å²) in [6.45, 7) is 7.22. The van der Waals surface area contributed by atoms with E-state index >= 15 is 0 Å². The van der Waals surface area contributed by atoms with E-state index in [1.807, 2.05) is 0 Å². The van der Waals surface area contributed by atoms with Gasteiger partial charge in [0, 0.05) is 64.0 Å². The zero-order chi connectivity index (χ0) is 30.8. The number of anilines is 2. The van der Waals surface area contributed by atoms with Gasteiger partial charge in [-0.1, -0.05) is 38.3 Å². The molecular weight excluding hydrogens is 551 g/mol. The summed E-state index contributed by atoms with van der Waals surface area (Å²) in [5, 5.41) is 11.2. The van der Waals surface area contributed by atoms with E-state index in [2.05, 4.69) is 47.3 Å². The molecule has 10 heteroatoms. The second-order valence-corrected chi connectivity index (χ2v) is 11.9. The predicted molar refractivity (Wildman–Crippen MR) is 163 cm³/mol.